The first-order valence-electron chi connectivity index (χ1n) is 4.66. The normalized spacial score (nSPS) is 20.7. The molecule has 0 spiro atoms. The van der Waals surface area contributed by atoms with Gasteiger partial charge in [-0.3, -0.25) is 0 Å². The second-order valence-electron chi connectivity index (χ2n) is 3.91. The molecule has 1 heterocycles. The summed E-state index contributed by atoms with van der Waals surface area (Å²) in [5.41, 5.74) is 5.42. The molecule has 0 aromatic heterocycles. The molecule has 1 fully saturated rings. The average molecular weight is 156 g/mol. The second-order valence-corrected chi connectivity index (χ2v) is 3.91. The van der Waals surface area contributed by atoms with Gasteiger partial charge in [0.1, 0.15) is 0 Å². The smallest absolute Gasteiger partial charge is 0.00245 e. The van der Waals surface area contributed by atoms with E-state index < -0.39 is 0 Å². The molecule has 0 aliphatic carbocycles. The minimum Gasteiger partial charge on any atom is -0.330 e. The van der Waals surface area contributed by atoms with Gasteiger partial charge in [0.05, 0.1) is 0 Å². The predicted molar refractivity (Wildman–Crippen MR) is 48.4 cm³/mol. The van der Waals surface area contributed by atoms with Crippen LogP contribution in [0.3, 0.4) is 0 Å². The number of hydrogen-bond donors (Lipinski definition) is 1. The third kappa shape index (κ3) is 2.46. The second kappa shape index (κ2) is 4.07. The highest BCUT2D eigenvalue weighted by Gasteiger charge is 2.27. The highest BCUT2D eigenvalue weighted by atomic mass is 15.2. The van der Waals surface area contributed by atoms with Crippen LogP contribution in [0.15, 0.2) is 0 Å². The lowest BCUT2D eigenvalue weighted by Crippen LogP contribution is -2.49. The van der Waals surface area contributed by atoms with Crippen LogP contribution in [0.1, 0.15) is 20.3 Å². The van der Waals surface area contributed by atoms with Gasteiger partial charge in [-0.2, -0.15) is 0 Å². The molecule has 1 rings (SSSR count). The monoisotopic (exact) mass is 156 g/mol. The van der Waals surface area contributed by atoms with Gasteiger partial charge >= 0.3 is 0 Å². The zero-order chi connectivity index (χ0) is 8.27. The van der Waals surface area contributed by atoms with E-state index >= 15 is 0 Å². The summed E-state index contributed by atoms with van der Waals surface area (Å²) in [6.07, 6.45) is 1.16. The Morgan fingerprint density at radius 3 is 2.55 bits per heavy atom. The van der Waals surface area contributed by atoms with E-state index in [1.807, 2.05) is 0 Å². The van der Waals surface area contributed by atoms with Gasteiger partial charge in [-0.1, -0.05) is 13.8 Å². The van der Waals surface area contributed by atoms with Gasteiger partial charge in [0.2, 0.25) is 0 Å². The molecule has 2 nitrogen and oxygen atoms in total. The SMILES string of the molecule is CC(C)C1CN(CCCN)C1. The van der Waals surface area contributed by atoms with Crippen molar-refractivity contribution in [1.82, 2.24) is 4.90 Å². The van der Waals surface area contributed by atoms with Crippen molar-refractivity contribution in [2.75, 3.05) is 26.2 Å². The van der Waals surface area contributed by atoms with Crippen molar-refractivity contribution in [3.8, 4) is 0 Å². The fourth-order valence-corrected chi connectivity index (χ4v) is 1.53. The van der Waals surface area contributed by atoms with Crippen LogP contribution in [0.25, 0.3) is 0 Å². The van der Waals surface area contributed by atoms with E-state index in [0.717, 1.165) is 24.8 Å². The molecular formula is C9H20N2. The number of nitrogens with two attached hydrogens (primary N) is 1. The van der Waals surface area contributed by atoms with E-state index in [-0.39, 0.29) is 0 Å². The van der Waals surface area contributed by atoms with Gasteiger partial charge in [0, 0.05) is 13.1 Å². The van der Waals surface area contributed by atoms with E-state index in [9.17, 15) is 0 Å². The van der Waals surface area contributed by atoms with Crippen LogP contribution in [0.2, 0.25) is 0 Å². The Morgan fingerprint density at radius 2 is 2.09 bits per heavy atom. The maximum absolute atomic E-state index is 5.42. The lowest BCUT2D eigenvalue weighted by Gasteiger charge is -2.41. The van der Waals surface area contributed by atoms with Crippen LogP contribution < -0.4 is 5.73 Å². The summed E-state index contributed by atoms with van der Waals surface area (Å²) < 4.78 is 0. The molecule has 1 saturated heterocycles. The molecule has 0 aromatic rings. The summed E-state index contributed by atoms with van der Waals surface area (Å²) in [6, 6.07) is 0. The van der Waals surface area contributed by atoms with Gasteiger partial charge in [-0.15, -0.1) is 0 Å². The molecule has 2 N–H and O–H groups in total. The van der Waals surface area contributed by atoms with E-state index in [1.165, 1.54) is 19.6 Å². The van der Waals surface area contributed by atoms with Crippen LogP contribution in [0.5, 0.6) is 0 Å². The Bertz CT molecular complexity index is 106. The van der Waals surface area contributed by atoms with Crippen molar-refractivity contribution in [3.05, 3.63) is 0 Å². The zero-order valence-electron chi connectivity index (χ0n) is 7.71. The lowest BCUT2D eigenvalue weighted by molar-refractivity contribution is 0.0683. The summed E-state index contributed by atoms with van der Waals surface area (Å²) in [5, 5.41) is 0. The first-order valence-corrected chi connectivity index (χ1v) is 4.66. The lowest BCUT2D eigenvalue weighted by atomic mass is 9.88. The Labute approximate surface area is 69.8 Å². The third-order valence-corrected chi connectivity index (χ3v) is 2.61. The maximum Gasteiger partial charge on any atom is 0.00245 e. The fraction of sp³-hybridized carbons (Fsp3) is 1.00. The Hall–Kier alpha value is -0.0800. The minimum absolute atomic E-state index is 0.836. The molecule has 1 aliphatic heterocycles. The molecule has 0 saturated carbocycles. The van der Waals surface area contributed by atoms with Crippen molar-refractivity contribution in [1.29, 1.82) is 0 Å². The third-order valence-electron chi connectivity index (χ3n) is 2.61. The molecule has 0 aromatic carbocycles. The van der Waals surface area contributed by atoms with Crippen LogP contribution in [0, 0.1) is 11.8 Å². The summed E-state index contributed by atoms with van der Waals surface area (Å²) in [7, 11) is 0. The number of rotatable bonds is 4. The highest BCUT2D eigenvalue weighted by molar-refractivity contribution is 4.81. The van der Waals surface area contributed by atoms with Crippen molar-refractivity contribution < 1.29 is 0 Å². The van der Waals surface area contributed by atoms with Gasteiger partial charge < -0.3 is 10.6 Å². The molecule has 1 aliphatic rings. The predicted octanol–water partition coefficient (Wildman–Crippen LogP) is 0.923. The van der Waals surface area contributed by atoms with Crippen LogP contribution >= 0.6 is 0 Å². The van der Waals surface area contributed by atoms with Crippen molar-refractivity contribution in [2.24, 2.45) is 17.6 Å². The van der Waals surface area contributed by atoms with Crippen LogP contribution in [-0.4, -0.2) is 31.1 Å². The van der Waals surface area contributed by atoms with Crippen molar-refractivity contribution >= 4 is 0 Å². The van der Waals surface area contributed by atoms with Gasteiger partial charge in [0.25, 0.3) is 0 Å². The Kier molecular flexibility index (Phi) is 3.34. The fourth-order valence-electron chi connectivity index (χ4n) is 1.53. The quantitative estimate of drug-likeness (QED) is 0.656. The van der Waals surface area contributed by atoms with Gasteiger partial charge in [-0.25, -0.2) is 0 Å². The van der Waals surface area contributed by atoms with Crippen LogP contribution in [0.4, 0.5) is 0 Å². The summed E-state index contributed by atoms with van der Waals surface area (Å²) in [5.74, 6) is 1.82. The molecule has 11 heavy (non-hydrogen) atoms. The molecule has 0 bridgehead atoms. The Balaban J connectivity index is 2.00. The molecule has 0 unspecified atom stereocenters. The average Bonchev–Trinajstić information content (AvgIpc) is 1.84. The molecule has 0 atom stereocenters. The summed E-state index contributed by atoms with van der Waals surface area (Å²) in [6.45, 7) is 9.27. The summed E-state index contributed by atoms with van der Waals surface area (Å²) in [4.78, 5) is 2.50. The molecule has 66 valence electrons. The molecule has 0 radical (unpaired) electrons. The number of hydrogen-bond acceptors (Lipinski definition) is 2. The largest absolute Gasteiger partial charge is 0.330 e. The van der Waals surface area contributed by atoms with E-state index in [4.69, 9.17) is 5.73 Å². The van der Waals surface area contributed by atoms with E-state index in [0.29, 0.717) is 0 Å². The summed E-state index contributed by atoms with van der Waals surface area (Å²) >= 11 is 0. The maximum atomic E-state index is 5.42. The highest BCUT2D eigenvalue weighted by Crippen LogP contribution is 2.22. The number of likely N-dealkylation sites (tertiary alicyclic amines) is 1. The Morgan fingerprint density at radius 1 is 1.45 bits per heavy atom. The first kappa shape index (κ1) is 9.01. The zero-order valence-corrected chi connectivity index (χ0v) is 7.71. The van der Waals surface area contributed by atoms with Gasteiger partial charge in [0.15, 0.2) is 0 Å². The van der Waals surface area contributed by atoms with Gasteiger partial charge in [-0.05, 0) is 31.3 Å². The molecular weight excluding hydrogens is 136 g/mol. The topological polar surface area (TPSA) is 29.3 Å². The van der Waals surface area contributed by atoms with E-state index in [1.54, 1.807) is 0 Å². The standard InChI is InChI=1S/C9H20N2/c1-8(2)9-6-11(7-9)5-3-4-10/h8-9H,3-7,10H2,1-2H3. The molecule has 0 amide bonds. The van der Waals surface area contributed by atoms with Crippen LogP contribution in [-0.2, 0) is 0 Å². The van der Waals surface area contributed by atoms with E-state index in [2.05, 4.69) is 18.7 Å². The first-order chi connectivity index (χ1) is 5.24. The minimum atomic E-state index is 0.836. The van der Waals surface area contributed by atoms with Crippen molar-refractivity contribution in [3.63, 3.8) is 0 Å². The molecule has 2 heteroatoms. The number of nitrogens with zero attached hydrogens (tertiary/aromatic N) is 1. The van der Waals surface area contributed by atoms with Crippen molar-refractivity contribution in [2.45, 2.75) is 20.3 Å².